The molecule has 3 aromatic rings. The van der Waals surface area contributed by atoms with E-state index in [1.165, 1.54) is 10.4 Å². The summed E-state index contributed by atoms with van der Waals surface area (Å²) < 4.78 is 35.3. The number of ether oxygens (including phenoxy) is 1. The molecule has 0 atom stereocenters. The lowest BCUT2D eigenvalue weighted by atomic mass is 10.2. The standard InChI is InChI=1S/C25H28N4O4S/c1-2-33-23-13-12-19(16-24(23)34(31,32)28-14-6-7-15-28)26-25(30)22-17-21(18-10-11-18)27-29(22)20-8-4-3-5-9-20/h3-5,8-9,12-13,16-18H,2,6-7,10-11,14-15H2,1H3,(H,26,30). The molecule has 1 saturated heterocycles. The molecule has 1 N–H and O–H groups in total. The van der Waals surface area contributed by atoms with Gasteiger partial charge in [0.1, 0.15) is 16.3 Å². The Bertz CT molecular complexity index is 1290. The highest BCUT2D eigenvalue weighted by Gasteiger charge is 2.31. The number of rotatable bonds is 8. The minimum atomic E-state index is -3.73. The number of hydrogen-bond donors (Lipinski definition) is 1. The molecule has 2 aromatic carbocycles. The van der Waals surface area contributed by atoms with Crippen molar-refractivity contribution in [1.82, 2.24) is 14.1 Å². The van der Waals surface area contributed by atoms with Gasteiger partial charge in [-0.2, -0.15) is 9.40 Å². The summed E-state index contributed by atoms with van der Waals surface area (Å²) in [5.74, 6) is 0.328. The number of anilines is 1. The van der Waals surface area contributed by atoms with E-state index in [0.29, 0.717) is 37.0 Å². The molecule has 0 bridgehead atoms. The fourth-order valence-electron chi connectivity index (χ4n) is 4.23. The molecule has 0 spiro atoms. The van der Waals surface area contributed by atoms with Crippen molar-refractivity contribution in [3.05, 3.63) is 66.0 Å². The fourth-order valence-corrected chi connectivity index (χ4v) is 5.90. The summed E-state index contributed by atoms with van der Waals surface area (Å²) in [6.07, 6.45) is 3.83. The Morgan fingerprint density at radius 2 is 1.82 bits per heavy atom. The van der Waals surface area contributed by atoms with Crippen LogP contribution in [0.2, 0.25) is 0 Å². The normalized spacial score (nSPS) is 16.5. The first kappa shape index (κ1) is 22.6. The highest BCUT2D eigenvalue weighted by molar-refractivity contribution is 7.89. The van der Waals surface area contributed by atoms with Gasteiger partial charge in [-0.3, -0.25) is 4.79 Å². The molecule has 1 aromatic heterocycles. The summed E-state index contributed by atoms with van der Waals surface area (Å²) >= 11 is 0. The first-order chi connectivity index (χ1) is 16.5. The third-order valence-corrected chi connectivity index (χ3v) is 8.06. The van der Waals surface area contributed by atoms with Gasteiger partial charge >= 0.3 is 0 Å². The second-order valence-electron chi connectivity index (χ2n) is 8.64. The molecule has 178 valence electrons. The predicted octanol–water partition coefficient (Wildman–Crippen LogP) is 4.19. The molecule has 8 nitrogen and oxygen atoms in total. The van der Waals surface area contributed by atoms with E-state index in [-0.39, 0.29) is 16.6 Å². The van der Waals surface area contributed by atoms with E-state index in [0.717, 1.165) is 37.1 Å². The highest BCUT2D eigenvalue weighted by Crippen LogP contribution is 2.40. The topological polar surface area (TPSA) is 93.5 Å². The van der Waals surface area contributed by atoms with Crippen LogP contribution < -0.4 is 10.1 Å². The molecule has 2 aliphatic rings. The van der Waals surface area contributed by atoms with Crippen molar-refractivity contribution >= 4 is 21.6 Å². The first-order valence-corrected chi connectivity index (χ1v) is 13.1. The van der Waals surface area contributed by atoms with E-state index in [1.54, 1.807) is 16.8 Å². The van der Waals surface area contributed by atoms with Crippen LogP contribution in [0.5, 0.6) is 5.75 Å². The molecule has 1 aliphatic heterocycles. The van der Waals surface area contributed by atoms with Crippen LogP contribution in [0.15, 0.2) is 59.5 Å². The van der Waals surface area contributed by atoms with Crippen LogP contribution in [0, 0.1) is 0 Å². The van der Waals surface area contributed by atoms with Crippen LogP contribution in [-0.2, 0) is 10.0 Å². The lowest BCUT2D eigenvalue weighted by Crippen LogP contribution is -2.28. The van der Waals surface area contributed by atoms with E-state index in [4.69, 9.17) is 4.74 Å². The maximum absolute atomic E-state index is 13.3. The quantitative estimate of drug-likeness (QED) is 0.522. The number of aromatic nitrogens is 2. The zero-order valence-corrected chi connectivity index (χ0v) is 19.9. The maximum Gasteiger partial charge on any atom is 0.274 e. The highest BCUT2D eigenvalue weighted by atomic mass is 32.2. The van der Waals surface area contributed by atoms with Crippen LogP contribution in [0.1, 0.15) is 54.7 Å². The van der Waals surface area contributed by atoms with Crippen LogP contribution in [-0.4, -0.2) is 48.1 Å². The zero-order valence-electron chi connectivity index (χ0n) is 19.1. The molecule has 0 radical (unpaired) electrons. The van der Waals surface area contributed by atoms with Gasteiger partial charge in [0.15, 0.2) is 0 Å². The van der Waals surface area contributed by atoms with Crippen LogP contribution in [0.3, 0.4) is 0 Å². The molecule has 34 heavy (non-hydrogen) atoms. The van der Waals surface area contributed by atoms with Gasteiger partial charge in [-0.25, -0.2) is 13.1 Å². The summed E-state index contributed by atoms with van der Waals surface area (Å²) in [7, 11) is -3.73. The Morgan fingerprint density at radius 3 is 2.50 bits per heavy atom. The summed E-state index contributed by atoms with van der Waals surface area (Å²) in [4.78, 5) is 13.4. The Balaban J connectivity index is 1.47. The first-order valence-electron chi connectivity index (χ1n) is 11.7. The average Bonchev–Trinajstić information content (AvgIpc) is 3.34. The van der Waals surface area contributed by atoms with Crippen LogP contribution in [0.25, 0.3) is 5.69 Å². The maximum atomic E-state index is 13.3. The molecule has 5 rings (SSSR count). The monoisotopic (exact) mass is 480 g/mol. The van der Waals surface area contributed by atoms with Crippen molar-refractivity contribution in [2.24, 2.45) is 0 Å². The van der Waals surface area contributed by atoms with Crippen molar-refractivity contribution in [2.45, 2.75) is 43.4 Å². The van der Waals surface area contributed by atoms with Gasteiger partial charge in [0.2, 0.25) is 10.0 Å². The van der Waals surface area contributed by atoms with Crippen LogP contribution >= 0.6 is 0 Å². The molecular weight excluding hydrogens is 452 g/mol. The minimum Gasteiger partial charge on any atom is -0.492 e. The van der Waals surface area contributed by atoms with Crippen LogP contribution in [0.4, 0.5) is 5.69 Å². The molecule has 2 fully saturated rings. The number of hydrogen-bond acceptors (Lipinski definition) is 5. The number of amides is 1. The lowest BCUT2D eigenvalue weighted by molar-refractivity contribution is 0.101. The number of carbonyl (C=O) groups is 1. The Morgan fingerprint density at radius 1 is 1.09 bits per heavy atom. The van der Waals surface area contributed by atoms with E-state index >= 15 is 0 Å². The third-order valence-electron chi connectivity index (χ3n) is 6.14. The SMILES string of the molecule is CCOc1ccc(NC(=O)c2cc(C3CC3)nn2-c2ccccc2)cc1S(=O)(=O)N1CCCC1. The number of para-hydroxylation sites is 1. The lowest BCUT2D eigenvalue weighted by Gasteiger charge is -2.19. The van der Waals surface area contributed by atoms with Crippen molar-refractivity contribution < 1.29 is 17.9 Å². The zero-order chi connectivity index (χ0) is 23.7. The molecule has 1 aliphatic carbocycles. The van der Waals surface area contributed by atoms with Crippen molar-refractivity contribution in [1.29, 1.82) is 0 Å². The largest absolute Gasteiger partial charge is 0.492 e. The Hall–Kier alpha value is -3.17. The predicted molar refractivity (Wildman–Crippen MR) is 129 cm³/mol. The van der Waals surface area contributed by atoms with Gasteiger partial charge in [0.25, 0.3) is 5.91 Å². The summed E-state index contributed by atoms with van der Waals surface area (Å²) in [6, 6.07) is 16.1. The number of carbonyl (C=O) groups excluding carboxylic acids is 1. The molecular formula is C25H28N4O4S. The fraction of sp³-hybridized carbons (Fsp3) is 0.360. The second-order valence-corrected chi connectivity index (χ2v) is 10.5. The van der Waals surface area contributed by atoms with Crippen molar-refractivity contribution in [3.63, 3.8) is 0 Å². The third kappa shape index (κ3) is 4.45. The summed E-state index contributed by atoms with van der Waals surface area (Å²) in [5.41, 5.74) is 2.49. The van der Waals surface area contributed by atoms with Gasteiger partial charge in [0, 0.05) is 24.7 Å². The molecule has 0 unspecified atom stereocenters. The number of sulfonamides is 1. The van der Waals surface area contributed by atoms with E-state index in [2.05, 4.69) is 10.4 Å². The van der Waals surface area contributed by atoms with Gasteiger partial charge in [-0.15, -0.1) is 0 Å². The van der Waals surface area contributed by atoms with Gasteiger partial charge in [0.05, 0.1) is 18.0 Å². The summed E-state index contributed by atoms with van der Waals surface area (Å²) in [5, 5.41) is 7.56. The summed E-state index contributed by atoms with van der Waals surface area (Å²) in [6.45, 7) is 3.13. The second kappa shape index (κ2) is 9.23. The smallest absolute Gasteiger partial charge is 0.274 e. The van der Waals surface area contributed by atoms with Gasteiger partial charge in [-0.05, 0) is 69.0 Å². The van der Waals surface area contributed by atoms with E-state index in [9.17, 15) is 13.2 Å². The number of benzene rings is 2. The van der Waals surface area contributed by atoms with E-state index < -0.39 is 10.0 Å². The van der Waals surface area contributed by atoms with Crippen molar-refractivity contribution in [3.8, 4) is 11.4 Å². The van der Waals surface area contributed by atoms with Gasteiger partial charge in [-0.1, -0.05) is 18.2 Å². The average molecular weight is 481 g/mol. The van der Waals surface area contributed by atoms with E-state index in [1.807, 2.05) is 43.3 Å². The van der Waals surface area contributed by atoms with Crippen molar-refractivity contribution in [2.75, 3.05) is 25.0 Å². The molecule has 1 amide bonds. The molecule has 2 heterocycles. The Kier molecular flexibility index (Phi) is 6.14. The van der Waals surface area contributed by atoms with Gasteiger partial charge < -0.3 is 10.1 Å². The minimum absolute atomic E-state index is 0.0734. The Labute approximate surface area is 199 Å². The number of nitrogens with one attached hydrogen (secondary N) is 1. The molecule has 9 heteroatoms. The number of nitrogens with zero attached hydrogens (tertiary/aromatic N) is 3. The molecule has 1 saturated carbocycles.